The minimum Gasteiger partial charge on any atom is -0.394 e. The van der Waals surface area contributed by atoms with Gasteiger partial charge in [-0.3, -0.25) is 4.99 Å². The average molecular weight is 293 g/mol. The van der Waals surface area contributed by atoms with E-state index in [1.165, 1.54) is 0 Å². The lowest BCUT2D eigenvalue weighted by Gasteiger charge is -2.34. The Morgan fingerprint density at radius 1 is 1.29 bits per heavy atom. The molecule has 6 nitrogen and oxygen atoms in total. The third-order valence-electron chi connectivity index (χ3n) is 3.48. The van der Waals surface area contributed by atoms with E-state index >= 15 is 0 Å². The molecule has 1 aliphatic rings. The number of nitrogens with zero attached hydrogens (tertiary/aromatic N) is 3. The van der Waals surface area contributed by atoms with E-state index in [1.807, 2.05) is 12.1 Å². The van der Waals surface area contributed by atoms with Gasteiger partial charge in [-0.05, 0) is 25.2 Å². The molecule has 0 aliphatic carbocycles. The van der Waals surface area contributed by atoms with Gasteiger partial charge in [-0.1, -0.05) is 6.07 Å². The van der Waals surface area contributed by atoms with Crippen LogP contribution in [0.2, 0.25) is 0 Å². The van der Waals surface area contributed by atoms with Crippen LogP contribution < -0.4 is 4.90 Å². The van der Waals surface area contributed by atoms with Crippen LogP contribution >= 0.6 is 0 Å². The van der Waals surface area contributed by atoms with Gasteiger partial charge in [0.05, 0.1) is 6.61 Å². The summed E-state index contributed by atoms with van der Waals surface area (Å²) in [7, 11) is 3.79. The summed E-state index contributed by atoms with van der Waals surface area (Å²) < 4.78 is 0. The number of hydrogen-bond acceptors (Lipinski definition) is 6. The van der Waals surface area contributed by atoms with Crippen molar-refractivity contribution in [1.29, 1.82) is 0 Å². The summed E-state index contributed by atoms with van der Waals surface area (Å²) in [5.74, 6) is 0.416. The van der Waals surface area contributed by atoms with Crippen molar-refractivity contribution in [3.05, 3.63) is 29.8 Å². The first-order chi connectivity index (χ1) is 10.2. The van der Waals surface area contributed by atoms with E-state index < -0.39 is 0 Å². The van der Waals surface area contributed by atoms with E-state index in [9.17, 15) is 0 Å². The lowest BCUT2D eigenvalue weighted by atomic mass is 10.1. The molecule has 0 spiro atoms. The average Bonchev–Trinajstić information content (AvgIpc) is 2.52. The van der Waals surface area contributed by atoms with Crippen molar-refractivity contribution in [2.24, 2.45) is 4.99 Å². The number of aliphatic hydroxyl groups is 1. The highest BCUT2D eigenvalue weighted by Gasteiger charge is 2.15. The maximum absolute atomic E-state index is 8.70. The fourth-order valence-electron chi connectivity index (χ4n) is 2.25. The van der Waals surface area contributed by atoms with Gasteiger partial charge in [0, 0.05) is 44.5 Å². The van der Waals surface area contributed by atoms with Crippen LogP contribution in [0.25, 0.3) is 0 Å². The minimum atomic E-state index is -0.0850. The van der Waals surface area contributed by atoms with E-state index in [4.69, 9.17) is 14.9 Å². The van der Waals surface area contributed by atoms with Crippen LogP contribution in [0.4, 0.5) is 5.69 Å². The number of hydrogen-bond donors (Lipinski definition) is 1. The van der Waals surface area contributed by atoms with Crippen LogP contribution in [0, 0.1) is 0 Å². The normalized spacial score (nSPS) is 17.1. The van der Waals surface area contributed by atoms with Crippen LogP contribution in [0.5, 0.6) is 0 Å². The molecule has 1 aromatic rings. The molecule has 21 heavy (non-hydrogen) atoms. The van der Waals surface area contributed by atoms with Crippen molar-refractivity contribution < 1.29 is 14.9 Å². The molecule has 1 N–H and O–H groups in total. The fourth-order valence-corrected chi connectivity index (χ4v) is 2.25. The molecule has 0 amide bonds. The maximum atomic E-state index is 8.70. The number of benzene rings is 1. The molecule has 1 aromatic carbocycles. The van der Waals surface area contributed by atoms with Crippen LogP contribution in [0.1, 0.15) is 5.56 Å². The summed E-state index contributed by atoms with van der Waals surface area (Å²) in [5, 5.41) is 8.70. The van der Waals surface area contributed by atoms with Gasteiger partial charge < -0.3 is 19.8 Å². The highest BCUT2D eigenvalue weighted by atomic mass is 17.2. The third-order valence-corrected chi connectivity index (χ3v) is 3.48. The molecule has 6 heteroatoms. The summed E-state index contributed by atoms with van der Waals surface area (Å²) in [6.45, 7) is 4.19. The first-order valence-electron chi connectivity index (χ1n) is 7.15. The Morgan fingerprint density at radius 2 is 2.05 bits per heavy atom. The van der Waals surface area contributed by atoms with Gasteiger partial charge in [0.2, 0.25) is 0 Å². The molecule has 0 aromatic heterocycles. The topological polar surface area (TPSA) is 57.5 Å². The first kappa shape index (κ1) is 15.8. The Labute approximate surface area is 125 Å². The zero-order valence-electron chi connectivity index (χ0n) is 12.7. The van der Waals surface area contributed by atoms with Gasteiger partial charge in [0.15, 0.2) is 0 Å². The van der Waals surface area contributed by atoms with E-state index in [0.29, 0.717) is 5.90 Å². The highest BCUT2D eigenvalue weighted by molar-refractivity contribution is 5.94. The molecule has 0 unspecified atom stereocenters. The van der Waals surface area contributed by atoms with Gasteiger partial charge in [-0.15, -0.1) is 0 Å². The van der Waals surface area contributed by atoms with Gasteiger partial charge >= 0.3 is 0 Å². The molecule has 0 atom stereocenters. The fraction of sp³-hybridized carbons (Fsp3) is 0.533. The number of piperazine rings is 1. The summed E-state index contributed by atoms with van der Waals surface area (Å²) in [5.41, 5.74) is 2.03. The zero-order valence-corrected chi connectivity index (χ0v) is 12.7. The Balaban J connectivity index is 2.05. The predicted octanol–water partition coefficient (Wildman–Crippen LogP) is 0.755. The second-order valence-corrected chi connectivity index (χ2v) is 5.00. The predicted molar refractivity (Wildman–Crippen MR) is 82.7 cm³/mol. The minimum absolute atomic E-state index is 0.0850. The first-order valence-corrected chi connectivity index (χ1v) is 7.15. The lowest BCUT2D eigenvalue weighted by molar-refractivity contribution is -0.226. The summed E-state index contributed by atoms with van der Waals surface area (Å²) in [4.78, 5) is 18.8. The molecular weight excluding hydrogens is 270 g/mol. The summed E-state index contributed by atoms with van der Waals surface area (Å²) in [6.07, 6.45) is 0. The molecule has 1 aliphatic heterocycles. The lowest BCUT2D eigenvalue weighted by Crippen LogP contribution is -2.44. The monoisotopic (exact) mass is 293 g/mol. The van der Waals surface area contributed by atoms with E-state index in [2.05, 4.69) is 34.0 Å². The highest BCUT2D eigenvalue weighted by Crippen LogP contribution is 2.18. The van der Waals surface area contributed by atoms with Crippen molar-refractivity contribution in [1.82, 2.24) is 4.90 Å². The van der Waals surface area contributed by atoms with Crippen LogP contribution in [-0.4, -0.2) is 69.4 Å². The Morgan fingerprint density at radius 3 is 2.71 bits per heavy atom. The molecule has 0 radical (unpaired) electrons. The zero-order chi connectivity index (χ0) is 15.1. The smallest absolute Gasteiger partial charge is 0.258 e. The molecule has 0 bridgehead atoms. The molecule has 1 fully saturated rings. The van der Waals surface area contributed by atoms with Crippen molar-refractivity contribution in [2.45, 2.75) is 0 Å². The third kappa shape index (κ3) is 4.42. The van der Waals surface area contributed by atoms with Crippen LogP contribution in [0.15, 0.2) is 29.3 Å². The van der Waals surface area contributed by atoms with E-state index in [0.717, 1.165) is 37.4 Å². The quantitative estimate of drug-likeness (QED) is 0.285. The molecule has 1 heterocycles. The summed E-state index contributed by atoms with van der Waals surface area (Å²) >= 11 is 0. The van der Waals surface area contributed by atoms with Gasteiger partial charge in [-0.25, -0.2) is 0 Å². The van der Waals surface area contributed by atoms with E-state index in [1.54, 1.807) is 7.05 Å². The molecule has 1 saturated heterocycles. The van der Waals surface area contributed by atoms with Crippen LogP contribution in [-0.2, 0) is 9.78 Å². The van der Waals surface area contributed by atoms with Crippen LogP contribution in [0.3, 0.4) is 0 Å². The number of anilines is 1. The molecule has 116 valence electrons. The van der Waals surface area contributed by atoms with Crippen molar-refractivity contribution >= 4 is 11.6 Å². The maximum Gasteiger partial charge on any atom is 0.258 e. The Bertz CT molecular complexity index is 471. The van der Waals surface area contributed by atoms with Gasteiger partial charge in [-0.2, -0.15) is 4.89 Å². The van der Waals surface area contributed by atoms with Crippen molar-refractivity contribution in [2.75, 3.05) is 58.4 Å². The second kappa shape index (κ2) is 7.97. The number of aliphatic imine (C=N–C) groups is 1. The number of aliphatic hydroxyl groups excluding tert-OH is 1. The van der Waals surface area contributed by atoms with E-state index in [-0.39, 0.29) is 13.2 Å². The molecule has 2 rings (SSSR count). The largest absolute Gasteiger partial charge is 0.394 e. The number of likely N-dealkylation sites (N-methyl/N-ethyl adjacent to an activating group) is 1. The molecular formula is C15H23N3O3. The van der Waals surface area contributed by atoms with Gasteiger partial charge in [0.1, 0.15) is 6.61 Å². The SMILES string of the molecule is CN=C(OOCCO)c1cccc(N2CCN(C)CC2)c1. The standard InChI is InChI=1S/C15H23N3O3/c1-16-15(21-20-11-10-19)13-4-3-5-14(12-13)18-8-6-17(2)7-9-18/h3-5,12,19H,6-11H2,1-2H3. The Hall–Kier alpha value is -1.63. The second-order valence-electron chi connectivity index (χ2n) is 5.00. The van der Waals surface area contributed by atoms with Crippen molar-refractivity contribution in [3.63, 3.8) is 0 Å². The number of rotatable bonds is 5. The van der Waals surface area contributed by atoms with Gasteiger partial charge in [0.25, 0.3) is 5.90 Å². The molecule has 0 saturated carbocycles. The van der Waals surface area contributed by atoms with Crippen molar-refractivity contribution in [3.8, 4) is 0 Å². The summed E-state index contributed by atoms with van der Waals surface area (Å²) in [6, 6.07) is 8.07. The Kier molecular flexibility index (Phi) is 5.98.